The fourth-order valence-corrected chi connectivity index (χ4v) is 4.10. The Labute approximate surface area is 117 Å². The molecule has 2 fully saturated rings. The number of aryl methyl sites for hydroxylation is 1. The zero-order valence-corrected chi connectivity index (χ0v) is 11.9. The number of hydrogen-bond acceptors (Lipinski definition) is 4. The standard InChI is InChI=1S/C15H17N3S/c1-10-17-14(9-19-10)11-2-7-15(16-8-11)18-12-3-4-13(18)6-5-12/h2,7-9,12-13H,3-6H2,1H3. The molecule has 0 unspecified atom stereocenters. The summed E-state index contributed by atoms with van der Waals surface area (Å²) in [7, 11) is 0. The highest BCUT2D eigenvalue weighted by atomic mass is 32.1. The third-order valence-corrected chi connectivity index (χ3v) is 5.15. The molecule has 0 N–H and O–H groups in total. The molecule has 2 aliphatic heterocycles. The van der Waals surface area contributed by atoms with Gasteiger partial charge >= 0.3 is 0 Å². The quantitative estimate of drug-likeness (QED) is 0.835. The van der Waals surface area contributed by atoms with E-state index >= 15 is 0 Å². The predicted molar refractivity (Wildman–Crippen MR) is 78.6 cm³/mol. The fraction of sp³-hybridized carbons (Fsp3) is 0.467. The maximum atomic E-state index is 4.68. The van der Waals surface area contributed by atoms with Gasteiger partial charge in [0.25, 0.3) is 0 Å². The molecule has 2 bridgehead atoms. The Hall–Kier alpha value is -1.42. The molecular weight excluding hydrogens is 254 g/mol. The highest BCUT2D eigenvalue weighted by Crippen LogP contribution is 2.40. The van der Waals surface area contributed by atoms with Crippen LogP contribution in [0.25, 0.3) is 11.3 Å². The average molecular weight is 271 g/mol. The summed E-state index contributed by atoms with van der Waals surface area (Å²) in [6.45, 7) is 2.04. The zero-order valence-electron chi connectivity index (χ0n) is 11.0. The topological polar surface area (TPSA) is 29.0 Å². The van der Waals surface area contributed by atoms with Crippen molar-refractivity contribution in [1.82, 2.24) is 9.97 Å². The summed E-state index contributed by atoms with van der Waals surface area (Å²) in [6.07, 6.45) is 7.36. The molecule has 19 heavy (non-hydrogen) atoms. The number of hydrogen-bond donors (Lipinski definition) is 0. The Morgan fingerprint density at radius 2 is 1.89 bits per heavy atom. The average Bonchev–Trinajstić information content (AvgIpc) is 3.14. The van der Waals surface area contributed by atoms with Crippen molar-refractivity contribution in [3.63, 3.8) is 0 Å². The molecule has 98 valence electrons. The maximum Gasteiger partial charge on any atom is 0.129 e. The normalized spacial score (nSPS) is 25.2. The minimum absolute atomic E-state index is 0.741. The van der Waals surface area contributed by atoms with Crippen LogP contribution >= 0.6 is 11.3 Å². The van der Waals surface area contributed by atoms with E-state index in [1.807, 2.05) is 13.1 Å². The van der Waals surface area contributed by atoms with E-state index in [0.29, 0.717) is 0 Å². The molecule has 0 spiro atoms. The number of rotatable bonds is 2. The summed E-state index contributed by atoms with van der Waals surface area (Å²) in [6, 6.07) is 5.81. The van der Waals surface area contributed by atoms with Crippen molar-refractivity contribution in [2.75, 3.05) is 4.90 Å². The second kappa shape index (κ2) is 4.30. The van der Waals surface area contributed by atoms with E-state index in [4.69, 9.17) is 0 Å². The molecule has 0 saturated carbocycles. The van der Waals surface area contributed by atoms with Crippen LogP contribution in [0.1, 0.15) is 30.7 Å². The lowest BCUT2D eigenvalue weighted by Gasteiger charge is -2.23. The lowest BCUT2D eigenvalue weighted by atomic mass is 10.0. The summed E-state index contributed by atoms with van der Waals surface area (Å²) in [5, 5.41) is 3.21. The van der Waals surface area contributed by atoms with Crippen LogP contribution in [0, 0.1) is 6.92 Å². The summed E-state index contributed by atoms with van der Waals surface area (Å²) < 4.78 is 0. The van der Waals surface area contributed by atoms with E-state index in [1.54, 1.807) is 11.3 Å². The van der Waals surface area contributed by atoms with Gasteiger partial charge in [-0.3, -0.25) is 0 Å². The van der Waals surface area contributed by atoms with Gasteiger partial charge in [0.1, 0.15) is 5.82 Å². The molecule has 4 heterocycles. The van der Waals surface area contributed by atoms with Gasteiger partial charge in [0, 0.05) is 29.2 Å². The third-order valence-electron chi connectivity index (χ3n) is 4.38. The minimum Gasteiger partial charge on any atom is -0.351 e. The van der Waals surface area contributed by atoms with Crippen molar-refractivity contribution in [3.8, 4) is 11.3 Å². The van der Waals surface area contributed by atoms with Crippen molar-refractivity contribution in [1.29, 1.82) is 0 Å². The van der Waals surface area contributed by atoms with Gasteiger partial charge in [-0.05, 0) is 44.7 Å². The monoisotopic (exact) mass is 271 g/mol. The first-order valence-corrected chi connectivity index (χ1v) is 7.86. The van der Waals surface area contributed by atoms with E-state index in [-0.39, 0.29) is 0 Å². The molecular formula is C15H17N3S. The van der Waals surface area contributed by atoms with E-state index in [2.05, 4.69) is 32.4 Å². The Morgan fingerprint density at radius 3 is 2.42 bits per heavy atom. The Kier molecular flexibility index (Phi) is 2.58. The summed E-state index contributed by atoms with van der Waals surface area (Å²) in [5.74, 6) is 1.15. The second-order valence-corrected chi connectivity index (χ2v) is 6.59. The number of fused-ring (bicyclic) bond motifs is 2. The van der Waals surface area contributed by atoms with Crippen LogP contribution < -0.4 is 4.90 Å². The molecule has 2 aliphatic rings. The fourth-order valence-electron chi connectivity index (χ4n) is 3.47. The third kappa shape index (κ3) is 1.86. The molecule has 3 nitrogen and oxygen atoms in total. The van der Waals surface area contributed by atoms with E-state index in [9.17, 15) is 0 Å². The smallest absolute Gasteiger partial charge is 0.129 e. The van der Waals surface area contributed by atoms with Crippen LogP contribution in [-0.2, 0) is 0 Å². The maximum absolute atomic E-state index is 4.68. The van der Waals surface area contributed by atoms with E-state index < -0.39 is 0 Å². The molecule has 0 amide bonds. The first-order chi connectivity index (χ1) is 9.31. The number of pyridine rings is 1. The van der Waals surface area contributed by atoms with Crippen molar-refractivity contribution in [2.24, 2.45) is 0 Å². The lowest BCUT2D eigenvalue weighted by Crippen LogP contribution is -2.28. The molecule has 2 aromatic rings. The Bertz CT molecular complexity index is 570. The highest BCUT2D eigenvalue weighted by molar-refractivity contribution is 7.09. The largest absolute Gasteiger partial charge is 0.351 e. The van der Waals surface area contributed by atoms with Crippen LogP contribution in [0.2, 0.25) is 0 Å². The predicted octanol–water partition coefficient (Wildman–Crippen LogP) is 3.64. The van der Waals surface area contributed by atoms with Gasteiger partial charge in [0.2, 0.25) is 0 Å². The highest BCUT2D eigenvalue weighted by Gasteiger charge is 2.39. The summed E-state index contributed by atoms with van der Waals surface area (Å²) in [4.78, 5) is 11.7. The first-order valence-electron chi connectivity index (χ1n) is 6.98. The number of nitrogens with zero attached hydrogens (tertiary/aromatic N) is 3. The summed E-state index contributed by atoms with van der Waals surface area (Å²) >= 11 is 1.69. The van der Waals surface area contributed by atoms with Gasteiger partial charge in [-0.25, -0.2) is 9.97 Å². The number of anilines is 1. The van der Waals surface area contributed by atoms with Gasteiger partial charge in [-0.15, -0.1) is 11.3 Å². The van der Waals surface area contributed by atoms with Crippen LogP contribution in [0.4, 0.5) is 5.82 Å². The van der Waals surface area contributed by atoms with Crippen LogP contribution in [0.5, 0.6) is 0 Å². The molecule has 0 aromatic carbocycles. The van der Waals surface area contributed by atoms with Crippen LogP contribution in [-0.4, -0.2) is 22.1 Å². The summed E-state index contributed by atoms with van der Waals surface area (Å²) in [5.41, 5.74) is 2.17. The molecule has 4 heteroatoms. The molecule has 0 radical (unpaired) electrons. The van der Waals surface area contributed by atoms with Crippen molar-refractivity contribution in [3.05, 3.63) is 28.7 Å². The molecule has 2 saturated heterocycles. The molecule has 4 rings (SSSR count). The number of aromatic nitrogens is 2. The lowest BCUT2D eigenvalue weighted by molar-refractivity contribution is 0.576. The van der Waals surface area contributed by atoms with Gasteiger partial charge < -0.3 is 4.90 Å². The zero-order chi connectivity index (χ0) is 12.8. The molecule has 0 atom stereocenters. The Morgan fingerprint density at radius 1 is 1.16 bits per heavy atom. The molecule has 0 aliphatic carbocycles. The number of thiazole rings is 1. The van der Waals surface area contributed by atoms with Crippen molar-refractivity contribution < 1.29 is 0 Å². The Balaban J connectivity index is 1.63. The van der Waals surface area contributed by atoms with Gasteiger partial charge in [-0.1, -0.05) is 0 Å². The van der Waals surface area contributed by atoms with Crippen molar-refractivity contribution in [2.45, 2.75) is 44.7 Å². The van der Waals surface area contributed by atoms with Crippen LogP contribution in [0.15, 0.2) is 23.7 Å². The second-order valence-electron chi connectivity index (χ2n) is 5.53. The van der Waals surface area contributed by atoms with E-state index in [1.165, 1.54) is 25.7 Å². The molecule has 2 aromatic heterocycles. The SMILES string of the molecule is Cc1nc(-c2ccc(N3C4CCC3CC4)nc2)cs1. The minimum atomic E-state index is 0.741. The van der Waals surface area contributed by atoms with Gasteiger partial charge in [0.15, 0.2) is 0 Å². The van der Waals surface area contributed by atoms with Crippen molar-refractivity contribution >= 4 is 17.2 Å². The van der Waals surface area contributed by atoms with Gasteiger partial charge in [0.05, 0.1) is 10.7 Å². The first kappa shape index (κ1) is 11.4. The van der Waals surface area contributed by atoms with E-state index in [0.717, 1.165) is 34.2 Å². The van der Waals surface area contributed by atoms with Gasteiger partial charge in [-0.2, -0.15) is 0 Å². The van der Waals surface area contributed by atoms with Crippen LogP contribution in [0.3, 0.4) is 0 Å².